The Morgan fingerprint density at radius 3 is 2.47 bits per heavy atom. The van der Waals surface area contributed by atoms with Crippen molar-refractivity contribution in [3.63, 3.8) is 0 Å². The van der Waals surface area contributed by atoms with Crippen molar-refractivity contribution in [2.45, 2.75) is 51.6 Å². The van der Waals surface area contributed by atoms with Crippen molar-refractivity contribution in [1.82, 2.24) is 0 Å². The van der Waals surface area contributed by atoms with E-state index in [1.165, 1.54) is 0 Å². The lowest BCUT2D eigenvalue weighted by Gasteiger charge is -2.21. The van der Waals surface area contributed by atoms with E-state index < -0.39 is 23.0 Å². The minimum Gasteiger partial charge on any atom is -0.464 e. The molecule has 0 saturated carbocycles. The first-order valence-electron chi connectivity index (χ1n) is 5.97. The highest BCUT2D eigenvalue weighted by Crippen LogP contribution is 2.18. The third-order valence-corrected chi connectivity index (χ3v) is 2.49. The van der Waals surface area contributed by atoms with E-state index in [0.29, 0.717) is 6.42 Å². The summed E-state index contributed by atoms with van der Waals surface area (Å²) in [6.07, 6.45) is 3.50. The van der Waals surface area contributed by atoms with Crippen molar-refractivity contribution in [2.24, 2.45) is 0 Å². The molecule has 0 saturated heterocycles. The average Bonchev–Trinajstić information content (AvgIpc) is 2.24. The van der Waals surface area contributed by atoms with Gasteiger partial charge in [0.05, 0.1) is 6.61 Å². The van der Waals surface area contributed by atoms with Crippen LogP contribution in [-0.2, 0) is 9.53 Å². The fourth-order valence-electron chi connectivity index (χ4n) is 1.57. The maximum Gasteiger partial charge on any atom is 0.345 e. The number of carbonyl (C=O) groups is 1. The number of rotatable bonds is 9. The minimum absolute atomic E-state index is 0.0762. The van der Waals surface area contributed by atoms with Crippen molar-refractivity contribution in [2.75, 3.05) is 13.2 Å². The van der Waals surface area contributed by atoms with Crippen LogP contribution in [0, 0.1) is 10.1 Å². The van der Waals surface area contributed by atoms with Crippen LogP contribution in [0.2, 0.25) is 0 Å². The maximum absolute atomic E-state index is 11.5. The van der Waals surface area contributed by atoms with E-state index in [1.807, 2.05) is 6.92 Å². The van der Waals surface area contributed by atoms with Crippen LogP contribution in [0.5, 0.6) is 0 Å². The molecule has 6 nitrogen and oxygen atoms in total. The van der Waals surface area contributed by atoms with E-state index >= 15 is 0 Å². The van der Waals surface area contributed by atoms with Crippen molar-refractivity contribution >= 4 is 5.97 Å². The summed E-state index contributed by atoms with van der Waals surface area (Å²) in [5.74, 6) is -0.895. The number of carbonyl (C=O) groups excluding carboxylic acids is 1. The minimum atomic E-state index is -1.98. The predicted molar refractivity (Wildman–Crippen MR) is 62.2 cm³/mol. The first-order valence-corrected chi connectivity index (χ1v) is 5.97. The van der Waals surface area contributed by atoms with E-state index in [1.54, 1.807) is 6.92 Å². The molecule has 0 unspecified atom stereocenters. The van der Waals surface area contributed by atoms with Crippen LogP contribution in [0.4, 0.5) is 0 Å². The number of nitro groups is 1. The van der Waals surface area contributed by atoms with Gasteiger partial charge >= 0.3 is 5.97 Å². The number of esters is 1. The van der Waals surface area contributed by atoms with E-state index in [9.17, 15) is 20.0 Å². The molecule has 0 rings (SSSR count). The second-order valence-electron chi connectivity index (χ2n) is 4.05. The Hall–Kier alpha value is -1.17. The van der Waals surface area contributed by atoms with E-state index in [2.05, 4.69) is 4.74 Å². The van der Waals surface area contributed by atoms with Crippen LogP contribution in [0.15, 0.2) is 0 Å². The average molecular weight is 247 g/mol. The number of hydrogen-bond acceptors (Lipinski definition) is 5. The van der Waals surface area contributed by atoms with Gasteiger partial charge in [-0.05, 0) is 19.8 Å². The van der Waals surface area contributed by atoms with Crippen LogP contribution >= 0.6 is 0 Å². The van der Waals surface area contributed by atoms with Gasteiger partial charge < -0.3 is 9.84 Å². The van der Waals surface area contributed by atoms with Gasteiger partial charge in [-0.3, -0.25) is 10.1 Å². The summed E-state index contributed by atoms with van der Waals surface area (Å²) >= 11 is 0. The van der Waals surface area contributed by atoms with E-state index in [0.717, 1.165) is 19.3 Å². The zero-order valence-corrected chi connectivity index (χ0v) is 10.5. The summed E-state index contributed by atoms with van der Waals surface area (Å²) < 4.78 is 4.67. The molecule has 0 amide bonds. The van der Waals surface area contributed by atoms with Gasteiger partial charge in [0.25, 0.3) is 0 Å². The van der Waals surface area contributed by atoms with E-state index in [4.69, 9.17) is 0 Å². The SMILES string of the molecule is CCCCCC[C@@](O)(C[N+](=O)[O-])C(=O)OCC. The molecule has 0 aliphatic carbocycles. The lowest BCUT2D eigenvalue weighted by molar-refractivity contribution is -0.497. The van der Waals surface area contributed by atoms with Gasteiger partial charge in [-0.15, -0.1) is 0 Å². The summed E-state index contributed by atoms with van der Waals surface area (Å²) in [6.45, 7) is 2.95. The van der Waals surface area contributed by atoms with Gasteiger partial charge in [0.15, 0.2) is 0 Å². The molecule has 6 heteroatoms. The Kier molecular flexibility index (Phi) is 7.45. The summed E-state index contributed by atoms with van der Waals surface area (Å²) in [7, 11) is 0. The molecule has 100 valence electrons. The van der Waals surface area contributed by atoms with Crippen LogP contribution in [0.1, 0.15) is 46.0 Å². The lowest BCUT2D eigenvalue weighted by atomic mass is 9.96. The van der Waals surface area contributed by atoms with Gasteiger partial charge in [-0.1, -0.05) is 26.2 Å². The fourth-order valence-corrected chi connectivity index (χ4v) is 1.57. The maximum atomic E-state index is 11.5. The predicted octanol–water partition coefficient (Wildman–Crippen LogP) is 1.53. The standard InChI is InChI=1S/C11H21NO5/c1-3-5-6-7-8-11(14,9-12(15)16)10(13)17-4-2/h14H,3-9H2,1-2H3/t11-/m1/s1. The second-order valence-corrected chi connectivity index (χ2v) is 4.05. The fraction of sp³-hybridized carbons (Fsp3) is 0.909. The van der Waals surface area contributed by atoms with E-state index in [-0.39, 0.29) is 13.0 Å². The highest BCUT2D eigenvalue weighted by atomic mass is 16.6. The smallest absolute Gasteiger partial charge is 0.345 e. The summed E-state index contributed by atoms with van der Waals surface area (Å²) in [4.78, 5) is 21.3. The largest absolute Gasteiger partial charge is 0.464 e. The Morgan fingerprint density at radius 1 is 1.35 bits per heavy atom. The first-order chi connectivity index (χ1) is 7.96. The third kappa shape index (κ3) is 6.21. The van der Waals surface area contributed by atoms with Crippen molar-refractivity contribution in [1.29, 1.82) is 0 Å². The highest BCUT2D eigenvalue weighted by Gasteiger charge is 2.42. The molecule has 0 aromatic carbocycles. The van der Waals surface area contributed by atoms with Crippen LogP contribution in [0.3, 0.4) is 0 Å². The molecule has 0 heterocycles. The molecule has 0 radical (unpaired) electrons. The van der Waals surface area contributed by atoms with Crippen molar-refractivity contribution in [3.8, 4) is 0 Å². The molecule has 0 spiro atoms. The topological polar surface area (TPSA) is 89.7 Å². The van der Waals surface area contributed by atoms with Crippen molar-refractivity contribution in [3.05, 3.63) is 10.1 Å². The quantitative estimate of drug-likeness (QED) is 0.289. The number of hydrogen-bond donors (Lipinski definition) is 1. The zero-order chi connectivity index (χ0) is 13.3. The van der Waals surface area contributed by atoms with Gasteiger partial charge in [-0.25, -0.2) is 4.79 Å². The lowest BCUT2D eigenvalue weighted by Crippen LogP contribution is -2.46. The third-order valence-electron chi connectivity index (χ3n) is 2.49. The normalized spacial score (nSPS) is 14.1. The molecule has 0 bridgehead atoms. The van der Waals surface area contributed by atoms with Crippen LogP contribution in [0.25, 0.3) is 0 Å². The summed E-state index contributed by atoms with van der Waals surface area (Å²) in [6, 6.07) is 0. The Morgan fingerprint density at radius 2 is 2.00 bits per heavy atom. The van der Waals surface area contributed by atoms with Crippen LogP contribution in [-0.4, -0.2) is 34.8 Å². The first kappa shape index (κ1) is 15.8. The van der Waals surface area contributed by atoms with Crippen molar-refractivity contribution < 1.29 is 19.6 Å². The number of unbranched alkanes of at least 4 members (excludes halogenated alkanes) is 3. The molecule has 0 aromatic heterocycles. The molecule has 0 aromatic rings. The molecule has 0 aliphatic rings. The molecule has 0 fully saturated rings. The summed E-state index contributed by atoms with van der Waals surface area (Å²) in [5, 5.41) is 20.4. The molecule has 1 N–H and O–H groups in total. The zero-order valence-electron chi connectivity index (χ0n) is 10.5. The molecule has 1 atom stereocenters. The molecule has 17 heavy (non-hydrogen) atoms. The summed E-state index contributed by atoms with van der Waals surface area (Å²) in [5.41, 5.74) is -1.98. The number of nitrogens with zero attached hydrogens (tertiary/aromatic N) is 1. The van der Waals surface area contributed by atoms with Gasteiger partial charge in [0.1, 0.15) is 0 Å². The number of ether oxygens (including phenoxy) is 1. The molecule has 0 aliphatic heterocycles. The Balaban J connectivity index is 4.38. The Labute approximate surface area is 101 Å². The monoisotopic (exact) mass is 247 g/mol. The number of aliphatic hydroxyl groups is 1. The van der Waals surface area contributed by atoms with Gasteiger partial charge in [-0.2, -0.15) is 0 Å². The second kappa shape index (κ2) is 8.00. The molecular formula is C11H21NO5. The Bertz CT molecular complexity index is 256. The van der Waals surface area contributed by atoms with Gasteiger partial charge in [0.2, 0.25) is 12.1 Å². The molecular weight excluding hydrogens is 226 g/mol. The van der Waals surface area contributed by atoms with Crippen LogP contribution < -0.4 is 0 Å². The van der Waals surface area contributed by atoms with Gasteiger partial charge in [0, 0.05) is 4.92 Å². The highest BCUT2D eigenvalue weighted by molar-refractivity contribution is 5.79.